The molecule has 23 heavy (non-hydrogen) atoms. The smallest absolute Gasteiger partial charge is 0.255 e. The van der Waals surface area contributed by atoms with Crippen molar-refractivity contribution in [3.63, 3.8) is 0 Å². The van der Waals surface area contributed by atoms with Crippen molar-refractivity contribution in [2.45, 2.75) is 13.0 Å². The number of amides is 1. The number of pyridine rings is 1. The van der Waals surface area contributed by atoms with Crippen LogP contribution in [0.25, 0.3) is 0 Å². The van der Waals surface area contributed by atoms with Crippen LogP contribution in [0.3, 0.4) is 0 Å². The van der Waals surface area contributed by atoms with Gasteiger partial charge in [-0.05, 0) is 23.8 Å². The topological polar surface area (TPSA) is 69.6 Å². The van der Waals surface area contributed by atoms with Crippen LogP contribution in [-0.4, -0.2) is 24.7 Å². The van der Waals surface area contributed by atoms with Crippen LogP contribution in [-0.2, 0) is 24.8 Å². The molecule has 1 aromatic carbocycles. The lowest BCUT2D eigenvalue weighted by molar-refractivity contribution is -0.120. The van der Waals surface area contributed by atoms with Crippen molar-refractivity contribution >= 4 is 5.91 Å². The van der Waals surface area contributed by atoms with Gasteiger partial charge in [-0.2, -0.15) is 0 Å². The number of benzene rings is 1. The SMILES string of the molecule is COc1ccc(CC(=O)NCc2cccn(C)c2=O)cc1OC. The van der Waals surface area contributed by atoms with E-state index in [2.05, 4.69) is 5.32 Å². The van der Waals surface area contributed by atoms with Gasteiger partial charge in [-0.1, -0.05) is 12.1 Å². The molecule has 0 aliphatic rings. The van der Waals surface area contributed by atoms with Gasteiger partial charge in [0.25, 0.3) is 5.56 Å². The average molecular weight is 316 g/mol. The number of aryl methyl sites for hydroxylation is 1. The highest BCUT2D eigenvalue weighted by Gasteiger charge is 2.09. The number of hydrogen-bond acceptors (Lipinski definition) is 4. The summed E-state index contributed by atoms with van der Waals surface area (Å²) < 4.78 is 11.9. The van der Waals surface area contributed by atoms with Crippen LogP contribution in [0.4, 0.5) is 0 Å². The summed E-state index contributed by atoms with van der Waals surface area (Å²) in [6.45, 7) is 0.208. The van der Waals surface area contributed by atoms with E-state index in [1.165, 1.54) is 4.57 Å². The largest absolute Gasteiger partial charge is 0.493 e. The Morgan fingerprint density at radius 2 is 1.91 bits per heavy atom. The molecule has 0 radical (unpaired) electrons. The fourth-order valence-electron chi connectivity index (χ4n) is 2.22. The van der Waals surface area contributed by atoms with Crippen LogP contribution in [0.15, 0.2) is 41.3 Å². The van der Waals surface area contributed by atoms with E-state index in [9.17, 15) is 9.59 Å². The van der Waals surface area contributed by atoms with Gasteiger partial charge in [0, 0.05) is 25.4 Å². The Morgan fingerprint density at radius 1 is 1.17 bits per heavy atom. The van der Waals surface area contributed by atoms with Crippen molar-refractivity contribution in [2.24, 2.45) is 7.05 Å². The van der Waals surface area contributed by atoms with Crippen LogP contribution in [0.5, 0.6) is 11.5 Å². The van der Waals surface area contributed by atoms with E-state index in [0.717, 1.165) is 5.56 Å². The molecular weight excluding hydrogens is 296 g/mol. The van der Waals surface area contributed by atoms with E-state index < -0.39 is 0 Å². The number of carbonyl (C=O) groups excluding carboxylic acids is 1. The van der Waals surface area contributed by atoms with Crippen molar-refractivity contribution in [3.05, 3.63) is 58.0 Å². The Kier molecular flexibility index (Phi) is 5.41. The van der Waals surface area contributed by atoms with Crippen molar-refractivity contribution in [3.8, 4) is 11.5 Å². The minimum atomic E-state index is -0.164. The Balaban J connectivity index is 2.00. The average Bonchev–Trinajstić information content (AvgIpc) is 2.56. The molecule has 1 heterocycles. The van der Waals surface area contributed by atoms with Crippen molar-refractivity contribution in [1.82, 2.24) is 9.88 Å². The molecule has 0 bridgehead atoms. The molecule has 6 nitrogen and oxygen atoms in total. The van der Waals surface area contributed by atoms with E-state index in [-0.39, 0.29) is 24.4 Å². The zero-order chi connectivity index (χ0) is 16.8. The van der Waals surface area contributed by atoms with Gasteiger partial charge in [-0.15, -0.1) is 0 Å². The molecule has 0 atom stereocenters. The highest BCUT2D eigenvalue weighted by molar-refractivity contribution is 5.78. The summed E-state index contributed by atoms with van der Waals surface area (Å²) in [4.78, 5) is 23.9. The molecule has 0 unspecified atom stereocenters. The summed E-state index contributed by atoms with van der Waals surface area (Å²) in [6.07, 6.45) is 1.88. The fourth-order valence-corrected chi connectivity index (χ4v) is 2.22. The van der Waals surface area contributed by atoms with Gasteiger partial charge in [0.05, 0.1) is 20.6 Å². The molecule has 2 rings (SSSR count). The summed E-state index contributed by atoms with van der Waals surface area (Å²) in [7, 11) is 4.79. The fraction of sp³-hybridized carbons (Fsp3) is 0.294. The number of carbonyl (C=O) groups is 1. The third-order valence-corrected chi connectivity index (χ3v) is 3.49. The number of hydrogen-bond donors (Lipinski definition) is 1. The predicted octanol–water partition coefficient (Wildman–Crippen LogP) is 1.26. The first-order valence-corrected chi connectivity index (χ1v) is 7.17. The molecule has 122 valence electrons. The molecule has 0 saturated heterocycles. The molecule has 1 N–H and O–H groups in total. The monoisotopic (exact) mass is 316 g/mol. The number of methoxy groups -OCH3 is 2. The summed E-state index contributed by atoms with van der Waals surface area (Å²) in [6, 6.07) is 8.81. The van der Waals surface area contributed by atoms with E-state index in [1.54, 1.807) is 51.7 Å². The number of ether oxygens (including phenoxy) is 2. The van der Waals surface area contributed by atoms with Gasteiger partial charge in [-0.25, -0.2) is 0 Å². The Bertz CT molecular complexity index is 752. The summed E-state index contributed by atoms with van der Waals surface area (Å²) in [5, 5.41) is 2.76. The maximum absolute atomic E-state index is 12.0. The standard InChI is InChI=1S/C17H20N2O4/c1-19-8-4-5-13(17(19)21)11-18-16(20)10-12-6-7-14(22-2)15(9-12)23-3/h4-9H,10-11H2,1-3H3,(H,18,20). The zero-order valence-electron chi connectivity index (χ0n) is 13.5. The number of aromatic nitrogens is 1. The number of rotatable bonds is 6. The summed E-state index contributed by atoms with van der Waals surface area (Å²) >= 11 is 0. The molecular formula is C17H20N2O4. The van der Waals surface area contributed by atoms with Gasteiger partial charge < -0.3 is 19.4 Å². The predicted molar refractivity (Wildman–Crippen MR) is 86.8 cm³/mol. The molecule has 6 heteroatoms. The molecule has 2 aromatic rings. The van der Waals surface area contributed by atoms with E-state index >= 15 is 0 Å². The molecule has 0 aliphatic carbocycles. The van der Waals surface area contributed by atoms with Gasteiger partial charge in [0.2, 0.25) is 5.91 Å². The molecule has 0 aliphatic heterocycles. The third-order valence-electron chi connectivity index (χ3n) is 3.49. The van der Waals surface area contributed by atoms with E-state index in [0.29, 0.717) is 17.1 Å². The van der Waals surface area contributed by atoms with E-state index in [4.69, 9.17) is 9.47 Å². The van der Waals surface area contributed by atoms with Crippen LogP contribution in [0.2, 0.25) is 0 Å². The highest BCUT2D eigenvalue weighted by atomic mass is 16.5. The van der Waals surface area contributed by atoms with Gasteiger partial charge in [0.15, 0.2) is 11.5 Å². The van der Waals surface area contributed by atoms with Gasteiger partial charge in [0.1, 0.15) is 0 Å². The molecule has 0 saturated carbocycles. The Labute approximate surface area is 134 Å². The molecule has 1 amide bonds. The third kappa shape index (κ3) is 4.12. The minimum Gasteiger partial charge on any atom is -0.493 e. The lowest BCUT2D eigenvalue weighted by atomic mass is 10.1. The zero-order valence-corrected chi connectivity index (χ0v) is 13.5. The first-order valence-electron chi connectivity index (χ1n) is 7.17. The van der Waals surface area contributed by atoms with Crippen LogP contribution >= 0.6 is 0 Å². The molecule has 0 spiro atoms. The van der Waals surface area contributed by atoms with Crippen molar-refractivity contribution < 1.29 is 14.3 Å². The first-order chi connectivity index (χ1) is 11.0. The van der Waals surface area contributed by atoms with Crippen LogP contribution < -0.4 is 20.3 Å². The van der Waals surface area contributed by atoms with E-state index in [1.807, 2.05) is 6.07 Å². The van der Waals surface area contributed by atoms with Gasteiger partial charge in [-0.3, -0.25) is 9.59 Å². The normalized spacial score (nSPS) is 10.2. The summed E-state index contributed by atoms with van der Waals surface area (Å²) in [5.74, 6) is 1.03. The lowest BCUT2D eigenvalue weighted by Crippen LogP contribution is -2.29. The van der Waals surface area contributed by atoms with Crippen molar-refractivity contribution in [2.75, 3.05) is 14.2 Å². The number of nitrogens with one attached hydrogen (secondary N) is 1. The Hall–Kier alpha value is -2.76. The maximum Gasteiger partial charge on any atom is 0.255 e. The first kappa shape index (κ1) is 16.6. The Morgan fingerprint density at radius 3 is 2.61 bits per heavy atom. The molecule has 1 aromatic heterocycles. The second kappa shape index (κ2) is 7.49. The van der Waals surface area contributed by atoms with Crippen molar-refractivity contribution in [1.29, 1.82) is 0 Å². The van der Waals surface area contributed by atoms with Gasteiger partial charge >= 0.3 is 0 Å². The lowest BCUT2D eigenvalue weighted by Gasteiger charge is -2.10. The second-order valence-corrected chi connectivity index (χ2v) is 5.09. The second-order valence-electron chi connectivity index (χ2n) is 5.09. The summed E-state index contributed by atoms with van der Waals surface area (Å²) in [5.41, 5.74) is 1.25. The minimum absolute atomic E-state index is 0.112. The number of nitrogens with zero attached hydrogens (tertiary/aromatic N) is 1. The molecule has 0 fully saturated rings. The van der Waals surface area contributed by atoms with Crippen LogP contribution in [0.1, 0.15) is 11.1 Å². The highest BCUT2D eigenvalue weighted by Crippen LogP contribution is 2.27. The quantitative estimate of drug-likeness (QED) is 0.871. The van der Waals surface area contributed by atoms with Crippen LogP contribution in [0, 0.1) is 0 Å². The maximum atomic E-state index is 12.0.